The molecule has 0 atom stereocenters. The fourth-order valence-corrected chi connectivity index (χ4v) is 3.20. The normalized spacial score (nSPS) is 11.0. The van der Waals surface area contributed by atoms with E-state index in [9.17, 15) is 4.79 Å². The van der Waals surface area contributed by atoms with Crippen molar-refractivity contribution in [2.45, 2.75) is 23.9 Å². The van der Waals surface area contributed by atoms with Crippen molar-refractivity contribution < 1.29 is 4.79 Å². The predicted molar refractivity (Wildman–Crippen MR) is 103 cm³/mol. The minimum Gasteiger partial charge on any atom is -0.323 e. The highest BCUT2D eigenvalue weighted by molar-refractivity contribution is 7.99. The van der Waals surface area contributed by atoms with Gasteiger partial charge in [-0.1, -0.05) is 0 Å². The van der Waals surface area contributed by atoms with Crippen molar-refractivity contribution in [3.05, 3.63) is 65.8 Å². The van der Waals surface area contributed by atoms with Crippen LogP contribution >= 0.6 is 11.8 Å². The molecule has 132 valence electrons. The molecule has 1 aromatic carbocycles. The highest BCUT2D eigenvalue weighted by Gasteiger charge is 2.04. The van der Waals surface area contributed by atoms with Crippen LogP contribution in [0, 0.1) is 13.8 Å². The molecule has 0 saturated carbocycles. The first-order chi connectivity index (χ1) is 12.5. The number of aryl methyl sites for hydroxylation is 3. The number of nitrogens with zero attached hydrogens (tertiary/aromatic N) is 4. The van der Waals surface area contributed by atoms with E-state index in [0.29, 0.717) is 0 Å². The molecule has 26 heavy (non-hydrogen) atoms. The lowest BCUT2D eigenvalue weighted by atomic mass is 10.3. The van der Waals surface area contributed by atoms with Gasteiger partial charge in [-0.05, 0) is 62.0 Å². The SMILES string of the molecule is Cc1cc(C)nc(Sc2ccc(NC(=O)/C=C\c3cnn(C)c3)cc2)n1. The lowest BCUT2D eigenvalue weighted by Gasteiger charge is -2.05. The third kappa shape index (κ3) is 5.03. The van der Waals surface area contributed by atoms with E-state index < -0.39 is 0 Å². The molecule has 0 aliphatic carbocycles. The van der Waals surface area contributed by atoms with Gasteiger partial charge in [0.2, 0.25) is 5.91 Å². The third-order valence-corrected chi connectivity index (χ3v) is 4.32. The van der Waals surface area contributed by atoms with Crippen molar-refractivity contribution in [1.82, 2.24) is 19.7 Å². The van der Waals surface area contributed by atoms with Gasteiger partial charge in [0, 0.05) is 46.9 Å². The standard InChI is InChI=1S/C19H19N5OS/c1-13-10-14(2)22-19(21-13)26-17-7-5-16(6-8-17)23-18(25)9-4-15-11-20-24(3)12-15/h4-12H,1-3H3,(H,23,25)/b9-4-. The van der Waals surface area contributed by atoms with Crippen molar-refractivity contribution >= 4 is 29.4 Å². The lowest BCUT2D eigenvalue weighted by Crippen LogP contribution is -2.07. The van der Waals surface area contributed by atoms with Crippen LogP contribution in [0.1, 0.15) is 17.0 Å². The van der Waals surface area contributed by atoms with Gasteiger partial charge in [-0.25, -0.2) is 9.97 Å². The molecule has 0 aliphatic heterocycles. The van der Waals surface area contributed by atoms with Gasteiger partial charge in [-0.2, -0.15) is 5.10 Å². The zero-order valence-electron chi connectivity index (χ0n) is 14.8. The van der Waals surface area contributed by atoms with E-state index in [1.54, 1.807) is 17.0 Å². The number of benzene rings is 1. The van der Waals surface area contributed by atoms with Crippen molar-refractivity contribution in [1.29, 1.82) is 0 Å². The molecule has 6 nitrogen and oxygen atoms in total. The van der Waals surface area contributed by atoms with Crippen LogP contribution in [0.15, 0.2) is 58.9 Å². The summed E-state index contributed by atoms with van der Waals surface area (Å²) < 4.78 is 1.69. The molecule has 0 saturated heterocycles. The summed E-state index contributed by atoms with van der Waals surface area (Å²) in [6.45, 7) is 3.91. The second kappa shape index (κ2) is 7.97. The zero-order valence-corrected chi connectivity index (χ0v) is 15.6. The molecular formula is C19H19N5OS. The second-order valence-corrected chi connectivity index (χ2v) is 6.87. The predicted octanol–water partition coefficient (Wildman–Crippen LogP) is 3.63. The van der Waals surface area contributed by atoms with Gasteiger partial charge in [0.25, 0.3) is 0 Å². The maximum absolute atomic E-state index is 12.0. The molecule has 0 radical (unpaired) electrons. The number of hydrogen-bond acceptors (Lipinski definition) is 5. The van der Waals surface area contributed by atoms with Crippen molar-refractivity contribution in [3.8, 4) is 0 Å². The van der Waals surface area contributed by atoms with Gasteiger partial charge in [0.05, 0.1) is 6.20 Å². The minimum atomic E-state index is -0.188. The summed E-state index contributed by atoms with van der Waals surface area (Å²) >= 11 is 1.50. The summed E-state index contributed by atoms with van der Waals surface area (Å²) in [6.07, 6.45) is 6.75. The highest BCUT2D eigenvalue weighted by Crippen LogP contribution is 2.26. The molecule has 0 aliphatic rings. The molecule has 2 aromatic heterocycles. The van der Waals surface area contributed by atoms with Crippen molar-refractivity contribution in [2.75, 3.05) is 5.32 Å². The molecule has 0 fully saturated rings. The van der Waals surface area contributed by atoms with Gasteiger partial charge >= 0.3 is 0 Å². The molecule has 3 rings (SSSR count). The fourth-order valence-electron chi connectivity index (χ4n) is 2.33. The van der Waals surface area contributed by atoms with Crippen LogP contribution in [-0.4, -0.2) is 25.7 Å². The quantitative estimate of drug-likeness (QED) is 0.552. The number of rotatable bonds is 5. The summed E-state index contributed by atoms with van der Waals surface area (Å²) in [6, 6.07) is 9.54. The topological polar surface area (TPSA) is 72.7 Å². The molecule has 0 bridgehead atoms. The van der Waals surface area contributed by atoms with Crippen LogP contribution < -0.4 is 5.32 Å². The first-order valence-corrected chi connectivity index (χ1v) is 8.87. The summed E-state index contributed by atoms with van der Waals surface area (Å²) in [4.78, 5) is 21.8. The fraction of sp³-hybridized carbons (Fsp3) is 0.158. The highest BCUT2D eigenvalue weighted by atomic mass is 32.2. The zero-order chi connectivity index (χ0) is 18.5. The molecule has 0 unspecified atom stereocenters. The average molecular weight is 365 g/mol. The van der Waals surface area contributed by atoms with Gasteiger partial charge in [-0.3, -0.25) is 9.48 Å². The number of aromatic nitrogens is 4. The van der Waals surface area contributed by atoms with E-state index in [1.165, 1.54) is 17.8 Å². The number of nitrogens with one attached hydrogen (secondary N) is 1. The van der Waals surface area contributed by atoms with E-state index in [2.05, 4.69) is 20.4 Å². The summed E-state index contributed by atoms with van der Waals surface area (Å²) in [5.41, 5.74) is 3.51. The number of anilines is 1. The number of carbonyl (C=O) groups is 1. The Morgan fingerprint density at radius 3 is 2.46 bits per heavy atom. The largest absolute Gasteiger partial charge is 0.323 e. The molecule has 1 N–H and O–H groups in total. The molecular weight excluding hydrogens is 346 g/mol. The van der Waals surface area contributed by atoms with Gasteiger partial charge in [0.15, 0.2) is 5.16 Å². The van der Waals surface area contributed by atoms with Crippen LogP contribution in [0.3, 0.4) is 0 Å². The van der Waals surface area contributed by atoms with E-state index in [1.807, 2.05) is 57.4 Å². The first kappa shape index (κ1) is 17.9. The maximum Gasteiger partial charge on any atom is 0.248 e. The lowest BCUT2D eigenvalue weighted by molar-refractivity contribution is -0.111. The summed E-state index contributed by atoms with van der Waals surface area (Å²) in [7, 11) is 1.83. The first-order valence-electron chi connectivity index (χ1n) is 8.06. The maximum atomic E-state index is 12.0. The van der Waals surface area contributed by atoms with Crippen LogP contribution in [0.5, 0.6) is 0 Å². The van der Waals surface area contributed by atoms with E-state index in [0.717, 1.165) is 32.7 Å². The summed E-state index contributed by atoms with van der Waals surface area (Å²) in [5.74, 6) is -0.188. The Morgan fingerprint density at radius 1 is 1.15 bits per heavy atom. The Morgan fingerprint density at radius 2 is 1.85 bits per heavy atom. The van der Waals surface area contributed by atoms with Crippen molar-refractivity contribution in [3.63, 3.8) is 0 Å². The number of amides is 1. The van der Waals surface area contributed by atoms with E-state index >= 15 is 0 Å². The smallest absolute Gasteiger partial charge is 0.248 e. The summed E-state index contributed by atoms with van der Waals surface area (Å²) in [5, 5.41) is 7.61. The average Bonchev–Trinajstić information content (AvgIpc) is 2.99. The Hall–Kier alpha value is -2.93. The third-order valence-electron chi connectivity index (χ3n) is 3.44. The molecule has 2 heterocycles. The number of carbonyl (C=O) groups excluding carboxylic acids is 1. The van der Waals surface area contributed by atoms with Crippen molar-refractivity contribution in [2.24, 2.45) is 7.05 Å². The van der Waals surface area contributed by atoms with E-state index in [4.69, 9.17) is 0 Å². The van der Waals surface area contributed by atoms with Gasteiger partial charge in [0.1, 0.15) is 0 Å². The molecule has 3 aromatic rings. The Balaban J connectivity index is 1.60. The Bertz CT molecular complexity index is 927. The van der Waals surface area contributed by atoms with Gasteiger partial charge in [-0.15, -0.1) is 0 Å². The molecule has 0 spiro atoms. The second-order valence-electron chi connectivity index (χ2n) is 5.83. The number of hydrogen-bond donors (Lipinski definition) is 1. The minimum absolute atomic E-state index is 0.188. The molecule has 7 heteroatoms. The Kier molecular flexibility index (Phi) is 5.48. The van der Waals surface area contributed by atoms with Crippen LogP contribution in [0.25, 0.3) is 6.08 Å². The van der Waals surface area contributed by atoms with Gasteiger partial charge < -0.3 is 5.32 Å². The van der Waals surface area contributed by atoms with E-state index in [-0.39, 0.29) is 5.91 Å². The Labute approximate surface area is 156 Å². The van der Waals surface area contributed by atoms with Crippen LogP contribution in [0.4, 0.5) is 5.69 Å². The van der Waals surface area contributed by atoms with Crippen LogP contribution in [0.2, 0.25) is 0 Å². The monoisotopic (exact) mass is 365 g/mol. The van der Waals surface area contributed by atoms with Crippen LogP contribution in [-0.2, 0) is 11.8 Å². The molecule has 1 amide bonds.